The molecule has 1 aliphatic carbocycles. The quantitative estimate of drug-likeness (QED) is 0.441. The molecule has 0 bridgehead atoms. The van der Waals surface area contributed by atoms with Crippen LogP contribution in [0.5, 0.6) is 5.75 Å². The van der Waals surface area contributed by atoms with Crippen LogP contribution in [0.3, 0.4) is 0 Å². The average molecular weight is 421 g/mol. The fraction of sp³-hybridized carbons (Fsp3) is 0.360. The first-order valence-electron chi connectivity index (χ1n) is 10.6. The van der Waals surface area contributed by atoms with Gasteiger partial charge in [-0.3, -0.25) is 9.36 Å². The molecule has 1 aromatic heterocycles. The predicted octanol–water partition coefficient (Wildman–Crippen LogP) is 5.30. The standard InChI is InChI=1S/C25H28N2O2S/c1-18-16-22(10-11-23(18)29-17-19(2)21-8-9-21)27-14-13-26-24(25(27)28)30-15-12-20-6-4-3-5-7-20/h3-7,10-11,13-14,16,19,21H,8-9,12,15,17H2,1-2H3. The number of aromatic nitrogens is 2. The SMILES string of the molecule is Cc1cc(-n2ccnc(SCCc3ccccc3)c2=O)ccc1OCC(C)C1CC1. The molecule has 5 heteroatoms. The Morgan fingerprint density at radius 1 is 1.20 bits per heavy atom. The van der Waals surface area contributed by atoms with Crippen molar-refractivity contribution < 1.29 is 4.74 Å². The van der Waals surface area contributed by atoms with Gasteiger partial charge >= 0.3 is 0 Å². The van der Waals surface area contributed by atoms with E-state index in [9.17, 15) is 4.79 Å². The summed E-state index contributed by atoms with van der Waals surface area (Å²) in [6, 6.07) is 16.2. The van der Waals surface area contributed by atoms with Crippen molar-refractivity contribution in [3.05, 3.63) is 82.4 Å². The summed E-state index contributed by atoms with van der Waals surface area (Å²) in [5.41, 5.74) is 3.07. The zero-order valence-corrected chi connectivity index (χ0v) is 18.4. The van der Waals surface area contributed by atoms with Gasteiger partial charge in [0.05, 0.1) is 6.61 Å². The van der Waals surface area contributed by atoms with Gasteiger partial charge in [0.15, 0.2) is 5.03 Å². The molecule has 1 heterocycles. The molecule has 156 valence electrons. The van der Waals surface area contributed by atoms with Gasteiger partial charge in [-0.1, -0.05) is 37.3 Å². The summed E-state index contributed by atoms with van der Waals surface area (Å²) in [5, 5.41) is 0.532. The second kappa shape index (κ2) is 9.52. The summed E-state index contributed by atoms with van der Waals surface area (Å²) in [7, 11) is 0. The van der Waals surface area contributed by atoms with Gasteiger partial charge in [0.2, 0.25) is 0 Å². The molecule has 0 spiro atoms. The highest BCUT2D eigenvalue weighted by Gasteiger charge is 2.28. The largest absolute Gasteiger partial charge is 0.493 e. The number of thioether (sulfide) groups is 1. The smallest absolute Gasteiger partial charge is 0.287 e. The molecular weight excluding hydrogens is 392 g/mol. The first-order valence-corrected chi connectivity index (χ1v) is 11.6. The van der Waals surface area contributed by atoms with E-state index in [1.807, 2.05) is 43.3 Å². The van der Waals surface area contributed by atoms with Gasteiger partial charge in [0, 0.05) is 23.8 Å². The molecule has 0 N–H and O–H groups in total. The fourth-order valence-corrected chi connectivity index (χ4v) is 4.46. The number of hydrogen-bond donors (Lipinski definition) is 0. The third-order valence-electron chi connectivity index (χ3n) is 5.65. The first-order chi connectivity index (χ1) is 14.6. The molecule has 3 aromatic rings. The van der Waals surface area contributed by atoms with Crippen LogP contribution in [0, 0.1) is 18.8 Å². The maximum absolute atomic E-state index is 13.0. The van der Waals surface area contributed by atoms with Crippen molar-refractivity contribution in [2.45, 2.75) is 38.1 Å². The summed E-state index contributed by atoms with van der Waals surface area (Å²) < 4.78 is 7.70. The Bertz CT molecular complexity index is 1040. The second-order valence-electron chi connectivity index (χ2n) is 8.07. The molecule has 1 aliphatic rings. The Morgan fingerprint density at radius 2 is 2.00 bits per heavy atom. The van der Waals surface area contributed by atoms with Crippen LogP contribution in [-0.4, -0.2) is 21.9 Å². The number of aryl methyl sites for hydroxylation is 2. The van der Waals surface area contributed by atoms with E-state index in [0.717, 1.165) is 41.7 Å². The van der Waals surface area contributed by atoms with Crippen LogP contribution in [0.4, 0.5) is 0 Å². The number of ether oxygens (including phenoxy) is 1. The van der Waals surface area contributed by atoms with Gasteiger partial charge in [-0.25, -0.2) is 4.98 Å². The molecule has 2 aromatic carbocycles. The van der Waals surface area contributed by atoms with E-state index in [1.165, 1.54) is 30.2 Å². The van der Waals surface area contributed by atoms with Gasteiger partial charge in [0.25, 0.3) is 5.56 Å². The van der Waals surface area contributed by atoms with E-state index in [1.54, 1.807) is 17.0 Å². The minimum absolute atomic E-state index is 0.0778. The lowest BCUT2D eigenvalue weighted by atomic mass is 10.1. The Kier molecular flexibility index (Phi) is 6.58. The molecule has 0 aliphatic heterocycles. The van der Waals surface area contributed by atoms with Crippen molar-refractivity contribution in [2.24, 2.45) is 11.8 Å². The minimum Gasteiger partial charge on any atom is -0.493 e. The van der Waals surface area contributed by atoms with Gasteiger partial charge in [0.1, 0.15) is 5.75 Å². The lowest BCUT2D eigenvalue weighted by molar-refractivity contribution is 0.243. The number of rotatable bonds is 9. The van der Waals surface area contributed by atoms with Gasteiger partial charge in [-0.15, -0.1) is 11.8 Å². The Morgan fingerprint density at radius 3 is 2.73 bits per heavy atom. The summed E-state index contributed by atoms with van der Waals surface area (Å²) in [4.78, 5) is 17.3. The Labute approximate surface area is 182 Å². The molecule has 0 radical (unpaired) electrons. The minimum atomic E-state index is -0.0778. The molecule has 1 fully saturated rings. The van der Waals surface area contributed by atoms with Crippen LogP contribution in [0.2, 0.25) is 0 Å². The molecule has 1 saturated carbocycles. The van der Waals surface area contributed by atoms with Crippen molar-refractivity contribution in [1.29, 1.82) is 0 Å². The van der Waals surface area contributed by atoms with Crippen LogP contribution in [0.15, 0.2) is 70.7 Å². The third kappa shape index (κ3) is 5.14. The van der Waals surface area contributed by atoms with E-state index in [4.69, 9.17) is 4.74 Å². The normalized spacial score (nSPS) is 14.5. The van der Waals surface area contributed by atoms with Crippen molar-refractivity contribution in [3.63, 3.8) is 0 Å². The second-order valence-corrected chi connectivity index (χ2v) is 9.15. The molecule has 4 rings (SSSR count). The van der Waals surface area contributed by atoms with Crippen LogP contribution in [-0.2, 0) is 6.42 Å². The zero-order chi connectivity index (χ0) is 20.9. The average Bonchev–Trinajstić information content (AvgIpc) is 3.60. The molecule has 0 amide bonds. The molecular formula is C25H28N2O2S. The lowest BCUT2D eigenvalue weighted by Gasteiger charge is -2.15. The van der Waals surface area contributed by atoms with Crippen LogP contribution in [0.1, 0.15) is 30.9 Å². The predicted molar refractivity (Wildman–Crippen MR) is 123 cm³/mol. The van der Waals surface area contributed by atoms with Crippen LogP contribution >= 0.6 is 11.8 Å². The number of nitrogens with zero attached hydrogens (tertiary/aromatic N) is 2. The van der Waals surface area contributed by atoms with Crippen molar-refractivity contribution >= 4 is 11.8 Å². The van der Waals surface area contributed by atoms with E-state index in [0.29, 0.717) is 10.9 Å². The molecule has 1 atom stereocenters. The van der Waals surface area contributed by atoms with E-state index in [-0.39, 0.29) is 5.56 Å². The lowest BCUT2D eigenvalue weighted by Crippen LogP contribution is -2.20. The highest BCUT2D eigenvalue weighted by molar-refractivity contribution is 7.99. The number of hydrogen-bond acceptors (Lipinski definition) is 4. The molecule has 4 nitrogen and oxygen atoms in total. The van der Waals surface area contributed by atoms with Crippen molar-refractivity contribution in [1.82, 2.24) is 9.55 Å². The highest BCUT2D eigenvalue weighted by atomic mass is 32.2. The van der Waals surface area contributed by atoms with E-state index >= 15 is 0 Å². The summed E-state index contributed by atoms with van der Waals surface area (Å²) in [6.07, 6.45) is 7.00. The van der Waals surface area contributed by atoms with E-state index < -0.39 is 0 Å². The summed E-state index contributed by atoms with van der Waals surface area (Å²) in [5.74, 6) is 3.15. The maximum Gasteiger partial charge on any atom is 0.287 e. The fourth-order valence-electron chi connectivity index (χ4n) is 3.57. The summed E-state index contributed by atoms with van der Waals surface area (Å²) >= 11 is 1.51. The topological polar surface area (TPSA) is 44.1 Å². The monoisotopic (exact) mass is 420 g/mol. The summed E-state index contributed by atoms with van der Waals surface area (Å²) in [6.45, 7) is 5.04. The van der Waals surface area contributed by atoms with Crippen molar-refractivity contribution in [2.75, 3.05) is 12.4 Å². The van der Waals surface area contributed by atoms with Gasteiger partial charge < -0.3 is 4.74 Å². The third-order valence-corrected chi connectivity index (χ3v) is 6.61. The van der Waals surface area contributed by atoms with Crippen LogP contribution < -0.4 is 10.3 Å². The molecule has 30 heavy (non-hydrogen) atoms. The molecule has 0 saturated heterocycles. The Hall–Kier alpha value is -2.53. The van der Waals surface area contributed by atoms with Crippen molar-refractivity contribution in [3.8, 4) is 11.4 Å². The maximum atomic E-state index is 13.0. The Balaban J connectivity index is 1.43. The van der Waals surface area contributed by atoms with Gasteiger partial charge in [-0.05, 0) is 67.3 Å². The molecule has 1 unspecified atom stereocenters. The first kappa shape index (κ1) is 20.7. The van der Waals surface area contributed by atoms with Crippen LogP contribution in [0.25, 0.3) is 5.69 Å². The van der Waals surface area contributed by atoms with Gasteiger partial charge in [-0.2, -0.15) is 0 Å². The number of benzene rings is 2. The zero-order valence-electron chi connectivity index (χ0n) is 17.6. The highest BCUT2D eigenvalue weighted by Crippen LogP contribution is 2.37. The van der Waals surface area contributed by atoms with E-state index in [2.05, 4.69) is 24.0 Å².